The predicted octanol–water partition coefficient (Wildman–Crippen LogP) is 3.89. The Morgan fingerprint density at radius 2 is 2.25 bits per heavy atom. The number of benzene rings is 1. The lowest BCUT2D eigenvalue weighted by Crippen LogP contribution is -2.47. The Hall–Kier alpha value is -0.890. The summed E-state index contributed by atoms with van der Waals surface area (Å²) in [5, 5.41) is 13.2. The van der Waals surface area contributed by atoms with E-state index in [4.69, 9.17) is 23.2 Å². The van der Waals surface area contributed by atoms with E-state index >= 15 is 0 Å². The van der Waals surface area contributed by atoms with Crippen LogP contribution in [-0.4, -0.2) is 17.2 Å². The fraction of sp³-hybridized carbons (Fsp3) is 0.429. The second kappa shape index (κ2) is 6.26. The van der Waals surface area contributed by atoms with Crippen molar-refractivity contribution < 1.29 is 4.79 Å². The molecule has 0 unspecified atom stereocenters. The SMILES string of the molecule is C[C@](C#N)(NC(=O)CSc1cc(Cl)ccc1Cl)C1CC1. The highest BCUT2D eigenvalue weighted by Gasteiger charge is 2.42. The highest BCUT2D eigenvalue weighted by molar-refractivity contribution is 8.00. The lowest BCUT2D eigenvalue weighted by atomic mass is 9.98. The monoisotopic (exact) mass is 328 g/mol. The van der Waals surface area contributed by atoms with Crippen molar-refractivity contribution in [1.82, 2.24) is 5.32 Å². The fourth-order valence-electron chi connectivity index (χ4n) is 1.94. The van der Waals surface area contributed by atoms with Crippen LogP contribution in [0.1, 0.15) is 19.8 Å². The minimum atomic E-state index is -0.754. The van der Waals surface area contributed by atoms with Gasteiger partial charge in [0.25, 0.3) is 0 Å². The molecule has 1 fully saturated rings. The van der Waals surface area contributed by atoms with Gasteiger partial charge in [0, 0.05) is 9.92 Å². The van der Waals surface area contributed by atoms with Crippen molar-refractivity contribution in [2.45, 2.75) is 30.2 Å². The smallest absolute Gasteiger partial charge is 0.231 e. The summed E-state index contributed by atoms with van der Waals surface area (Å²) < 4.78 is 0. The molecule has 20 heavy (non-hydrogen) atoms. The van der Waals surface area contributed by atoms with Crippen molar-refractivity contribution in [3.05, 3.63) is 28.2 Å². The van der Waals surface area contributed by atoms with Crippen LogP contribution in [0.4, 0.5) is 0 Å². The molecule has 0 aliphatic heterocycles. The Balaban J connectivity index is 1.92. The van der Waals surface area contributed by atoms with E-state index in [1.807, 2.05) is 0 Å². The second-order valence-electron chi connectivity index (χ2n) is 5.00. The number of thioether (sulfide) groups is 1. The lowest BCUT2D eigenvalue weighted by Gasteiger charge is -2.22. The predicted molar refractivity (Wildman–Crippen MR) is 82.1 cm³/mol. The van der Waals surface area contributed by atoms with Gasteiger partial charge in [-0.25, -0.2) is 0 Å². The van der Waals surface area contributed by atoms with Crippen LogP contribution in [0.15, 0.2) is 23.1 Å². The fourth-order valence-corrected chi connectivity index (χ4v) is 3.23. The van der Waals surface area contributed by atoms with Crippen LogP contribution in [0, 0.1) is 17.2 Å². The van der Waals surface area contributed by atoms with Crippen molar-refractivity contribution in [2.24, 2.45) is 5.92 Å². The molecule has 1 atom stereocenters. The molecule has 0 saturated heterocycles. The minimum absolute atomic E-state index is 0.165. The highest BCUT2D eigenvalue weighted by Crippen LogP contribution is 2.39. The number of nitrogens with one attached hydrogen (secondary N) is 1. The summed E-state index contributed by atoms with van der Waals surface area (Å²) in [5.74, 6) is 0.322. The average molecular weight is 329 g/mol. The zero-order valence-corrected chi connectivity index (χ0v) is 13.3. The normalized spacial score (nSPS) is 17.1. The summed E-state index contributed by atoms with van der Waals surface area (Å²) in [7, 11) is 0. The maximum atomic E-state index is 12.0. The third-order valence-corrected chi connectivity index (χ3v) is 5.01. The van der Waals surface area contributed by atoms with Gasteiger partial charge in [-0.15, -0.1) is 11.8 Å². The Morgan fingerprint density at radius 3 is 2.85 bits per heavy atom. The van der Waals surface area contributed by atoms with E-state index in [-0.39, 0.29) is 17.6 Å². The molecule has 1 aromatic carbocycles. The first kappa shape index (κ1) is 15.5. The van der Waals surface area contributed by atoms with Gasteiger partial charge in [-0.2, -0.15) is 5.26 Å². The first-order valence-corrected chi connectivity index (χ1v) is 7.99. The molecule has 0 radical (unpaired) electrons. The summed E-state index contributed by atoms with van der Waals surface area (Å²) in [5.41, 5.74) is -0.754. The van der Waals surface area contributed by atoms with Gasteiger partial charge in [0.05, 0.1) is 16.8 Å². The van der Waals surface area contributed by atoms with E-state index in [1.165, 1.54) is 11.8 Å². The van der Waals surface area contributed by atoms with Crippen molar-refractivity contribution in [2.75, 3.05) is 5.75 Å². The number of rotatable bonds is 5. The molecule has 0 heterocycles. The molecule has 1 aliphatic rings. The van der Waals surface area contributed by atoms with Crippen LogP contribution in [0.2, 0.25) is 10.0 Å². The number of halogens is 2. The zero-order chi connectivity index (χ0) is 14.8. The van der Waals surface area contributed by atoms with E-state index in [9.17, 15) is 10.1 Å². The largest absolute Gasteiger partial charge is 0.337 e. The standard InChI is InChI=1S/C14H14Cl2N2OS/c1-14(8-17,9-2-3-9)18-13(19)7-20-12-6-10(15)4-5-11(12)16/h4-6,9H,2-3,7H2,1H3,(H,18,19)/t14-/m1/s1. The molecule has 1 amide bonds. The topological polar surface area (TPSA) is 52.9 Å². The first-order valence-electron chi connectivity index (χ1n) is 6.25. The third-order valence-electron chi connectivity index (χ3n) is 3.28. The maximum Gasteiger partial charge on any atom is 0.231 e. The summed E-state index contributed by atoms with van der Waals surface area (Å²) >= 11 is 13.2. The third kappa shape index (κ3) is 3.82. The molecule has 0 bridgehead atoms. The second-order valence-corrected chi connectivity index (χ2v) is 6.86. The highest BCUT2D eigenvalue weighted by atomic mass is 35.5. The lowest BCUT2D eigenvalue weighted by molar-refractivity contribution is -0.119. The first-order chi connectivity index (χ1) is 9.44. The molecule has 2 rings (SSSR count). The van der Waals surface area contributed by atoms with E-state index in [2.05, 4.69) is 11.4 Å². The van der Waals surface area contributed by atoms with Gasteiger partial charge in [-0.05, 0) is 43.9 Å². The molecule has 3 nitrogen and oxygen atoms in total. The molecule has 106 valence electrons. The molecule has 1 N–H and O–H groups in total. The number of hydrogen-bond donors (Lipinski definition) is 1. The number of hydrogen-bond acceptors (Lipinski definition) is 3. The quantitative estimate of drug-likeness (QED) is 0.834. The average Bonchev–Trinajstić information content (AvgIpc) is 3.24. The van der Waals surface area contributed by atoms with Gasteiger partial charge in [0.2, 0.25) is 5.91 Å². The van der Waals surface area contributed by atoms with Crippen LogP contribution in [0.3, 0.4) is 0 Å². The molecule has 1 aliphatic carbocycles. The van der Waals surface area contributed by atoms with E-state index in [0.717, 1.165) is 17.7 Å². The van der Waals surface area contributed by atoms with E-state index in [0.29, 0.717) is 10.0 Å². The van der Waals surface area contributed by atoms with Crippen LogP contribution < -0.4 is 5.32 Å². The van der Waals surface area contributed by atoms with E-state index in [1.54, 1.807) is 25.1 Å². The Labute approximate surface area is 132 Å². The van der Waals surface area contributed by atoms with E-state index < -0.39 is 5.54 Å². The van der Waals surface area contributed by atoms with Crippen LogP contribution >= 0.6 is 35.0 Å². The molecule has 1 aromatic rings. The van der Waals surface area contributed by atoms with Crippen LogP contribution in [-0.2, 0) is 4.79 Å². The summed E-state index contributed by atoms with van der Waals surface area (Å²) in [6.07, 6.45) is 2.00. The molecule has 1 saturated carbocycles. The van der Waals surface area contributed by atoms with Crippen molar-refractivity contribution in [3.63, 3.8) is 0 Å². The van der Waals surface area contributed by atoms with Gasteiger partial charge in [-0.3, -0.25) is 4.79 Å². The van der Waals surface area contributed by atoms with Crippen molar-refractivity contribution in [3.8, 4) is 6.07 Å². The number of nitrogens with zero attached hydrogens (tertiary/aromatic N) is 1. The zero-order valence-electron chi connectivity index (χ0n) is 11.0. The molecular weight excluding hydrogens is 315 g/mol. The van der Waals surface area contributed by atoms with Crippen LogP contribution in [0.25, 0.3) is 0 Å². The van der Waals surface area contributed by atoms with Gasteiger partial charge >= 0.3 is 0 Å². The Morgan fingerprint density at radius 1 is 1.55 bits per heavy atom. The van der Waals surface area contributed by atoms with Gasteiger partial charge in [0.1, 0.15) is 5.54 Å². The molecule has 0 spiro atoms. The van der Waals surface area contributed by atoms with Gasteiger partial charge < -0.3 is 5.32 Å². The molecular formula is C14H14Cl2N2OS. The van der Waals surface area contributed by atoms with Gasteiger partial charge in [0.15, 0.2) is 0 Å². The summed E-state index contributed by atoms with van der Waals surface area (Å²) in [6, 6.07) is 7.33. The maximum absolute atomic E-state index is 12.0. The van der Waals surface area contributed by atoms with Crippen LogP contribution in [0.5, 0.6) is 0 Å². The summed E-state index contributed by atoms with van der Waals surface area (Å²) in [4.78, 5) is 12.7. The number of carbonyl (C=O) groups excluding carboxylic acids is 1. The minimum Gasteiger partial charge on any atom is -0.337 e. The van der Waals surface area contributed by atoms with Gasteiger partial charge in [-0.1, -0.05) is 23.2 Å². The molecule has 6 heteroatoms. The Kier molecular flexibility index (Phi) is 4.85. The number of amides is 1. The van der Waals surface area contributed by atoms with Crippen molar-refractivity contribution in [1.29, 1.82) is 5.26 Å². The number of nitriles is 1. The summed E-state index contributed by atoms with van der Waals surface area (Å²) in [6.45, 7) is 1.78. The molecule has 0 aromatic heterocycles. The Bertz CT molecular complexity index is 569. The van der Waals surface area contributed by atoms with Crippen molar-refractivity contribution >= 4 is 40.9 Å². The number of carbonyl (C=O) groups is 1.